The van der Waals surface area contributed by atoms with Crippen molar-refractivity contribution in [1.29, 1.82) is 0 Å². The van der Waals surface area contributed by atoms with Gasteiger partial charge in [-0.05, 0) is 31.4 Å². The van der Waals surface area contributed by atoms with Crippen molar-refractivity contribution in [2.24, 2.45) is 11.8 Å². The van der Waals surface area contributed by atoms with Crippen LogP contribution in [0.4, 0.5) is 0 Å². The highest BCUT2D eigenvalue weighted by molar-refractivity contribution is 5.92. The van der Waals surface area contributed by atoms with Gasteiger partial charge in [-0.25, -0.2) is 0 Å². The maximum atomic E-state index is 11.1. The molecule has 0 aromatic carbocycles. The van der Waals surface area contributed by atoms with Crippen LogP contribution in [0, 0.1) is 11.8 Å². The second-order valence-corrected chi connectivity index (χ2v) is 4.75. The normalized spacial score (nSPS) is 11.9. The molecule has 0 aliphatic rings. The van der Waals surface area contributed by atoms with E-state index in [1.54, 1.807) is 6.08 Å². The summed E-state index contributed by atoms with van der Waals surface area (Å²) in [5, 5.41) is 0. The Kier molecular flexibility index (Phi) is 11.7. The number of rotatable bonds is 4. The minimum Gasteiger partial charge on any atom is -0.295 e. The molecule has 0 aliphatic carbocycles. The highest BCUT2D eigenvalue weighted by Gasteiger charge is 2.01. The van der Waals surface area contributed by atoms with Crippen molar-refractivity contribution in [1.82, 2.24) is 0 Å². The molecule has 0 spiro atoms. The lowest BCUT2D eigenvalue weighted by molar-refractivity contribution is -0.117. The zero-order chi connectivity index (χ0) is 13.1. The van der Waals surface area contributed by atoms with Gasteiger partial charge in [0.2, 0.25) is 0 Å². The molecule has 1 nitrogen and oxygen atoms in total. The summed E-state index contributed by atoms with van der Waals surface area (Å²) in [5.74, 6) is 1.19. The first-order valence-electron chi connectivity index (χ1n) is 6.19. The molecule has 0 aromatic heterocycles. The van der Waals surface area contributed by atoms with E-state index in [1.807, 2.05) is 39.8 Å². The monoisotopic (exact) mass is 224 g/mol. The Morgan fingerprint density at radius 3 is 1.88 bits per heavy atom. The van der Waals surface area contributed by atoms with E-state index in [0.29, 0.717) is 0 Å². The Morgan fingerprint density at radius 2 is 1.62 bits per heavy atom. The third-order valence-electron chi connectivity index (χ3n) is 2.19. The van der Waals surface area contributed by atoms with Crippen LogP contribution in [0.5, 0.6) is 0 Å². The van der Waals surface area contributed by atoms with Crippen LogP contribution >= 0.6 is 0 Å². The smallest absolute Gasteiger partial charge is 0.158 e. The lowest BCUT2D eigenvalue weighted by Crippen LogP contribution is -2.02. The second-order valence-electron chi connectivity index (χ2n) is 4.75. The van der Waals surface area contributed by atoms with Gasteiger partial charge in [-0.2, -0.15) is 0 Å². The summed E-state index contributed by atoms with van der Waals surface area (Å²) < 4.78 is 0. The highest BCUT2D eigenvalue weighted by Crippen LogP contribution is 2.01. The average molecular weight is 224 g/mol. The van der Waals surface area contributed by atoms with E-state index in [2.05, 4.69) is 20.8 Å². The van der Waals surface area contributed by atoms with E-state index < -0.39 is 0 Å². The first-order chi connectivity index (χ1) is 7.34. The minimum atomic E-state index is 0.107. The maximum absolute atomic E-state index is 11.1. The number of hydrogen-bond donors (Lipinski definition) is 0. The van der Waals surface area contributed by atoms with Crippen molar-refractivity contribution in [2.75, 3.05) is 0 Å². The Labute approximate surface area is 102 Å². The van der Waals surface area contributed by atoms with E-state index in [9.17, 15) is 4.79 Å². The van der Waals surface area contributed by atoms with Crippen LogP contribution in [0.25, 0.3) is 0 Å². The Morgan fingerprint density at radius 1 is 1.19 bits per heavy atom. The van der Waals surface area contributed by atoms with Crippen LogP contribution < -0.4 is 0 Å². The summed E-state index contributed by atoms with van der Waals surface area (Å²) >= 11 is 0. The summed E-state index contributed by atoms with van der Waals surface area (Å²) in [7, 11) is 0. The molecule has 0 saturated heterocycles. The fourth-order valence-corrected chi connectivity index (χ4v) is 0.702. The average Bonchev–Trinajstić information content (AvgIpc) is 2.18. The van der Waals surface area contributed by atoms with Crippen LogP contribution in [0.2, 0.25) is 0 Å². The van der Waals surface area contributed by atoms with Crippen molar-refractivity contribution in [3.05, 3.63) is 23.8 Å². The van der Waals surface area contributed by atoms with E-state index in [0.717, 1.165) is 11.5 Å². The Bertz CT molecular complexity index is 232. The first-order valence-corrected chi connectivity index (χ1v) is 6.19. The van der Waals surface area contributed by atoms with Gasteiger partial charge in [0.25, 0.3) is 0 Å². The quantitative estimate of drug-likeness (QED) is 0.496. The highest BCUT2D eigenvalue weighted by atomic mass is 16.1. The largest absolute Gasteiger partial charge is 0.295 e. The van der Waals surface area contributed by atoms with Gasteiger partial charge in [0.15, 0.2) is 5.78 Å². The van der Waals surface area contributed by atoms with Gasteiger partial charge in [-0.3, -0.25) is 4.79 Å². The van der Waals surface area contributed by atoms with Crippen LogP contribution in [0.1, 0.15) is 54.9 Å². The first kappa shape index (κ1) is 17.5. The molecule has 1 heteroatoms. The van der Waals surface area contributed by atoms with Crippen LogP contribution in [-0.2, 0) is 4.79 Å². The van der Waals surface area contributed by atoms with Gasteiger partial charge in [0, 0.05) is 5.92 Å². The Hall–Kier alpha value is -0.850. The predicted octanol–water partition coefficient (Wildman–Crippen LogP) is 4.79. The van der Waals surface area contributed by atoms with E-state index in [4.69, 9.17) is 0 Å². The van der Waals surface area contributed by atoms with Gasteiger partial charge in [0.1, 0.15) is 0 Å². The number of carbonyl (C=O) groups excluding carboxylic acids is 1. The molecule has 0 aromatic rings. The molecule has 0 N–H and O–H groups in total. The molecule has 0 fully saturated rings. The number of hydrogen-bond acceptors (Lipinski definition) is 1. The topological polar surface area (TPSA) is 17.1 Å². The molecule has 0 bridgehead atoms. The molecular formula is C15H28O. The van der Waals surface area contributed by atoms with E-state index in [1.165, 1.54) is 6.42 Å². The zero-order valence-corrected chi connectivity index (χ0v) is 12.0. The predicted molar refractivity (Wildman–Crippen MR) is 73.5 cm³/mol. The minimum absolute atomic E-state index is 0.107. The fraction of sp³-hybridized carbons (Fsp3) is 0.667. The van der Waals surface area contributed by atoms with Gasteiger partial charge < -0.3 is 0 Å². The zero-order valence-electron chi connectivity index (χ0n) is 12.0. The summed E-state index contributed by atoms with van der Waals surface area (Å²) in [6.07, 6.45) is 6.85. The summed E-state index contributed by atoms with van der Waals surface area (Å²) in [6.45, 7) is 14.3. The molecule has 0 rings (SSSR count). The van der Waals surface area contributed by atoms with Crippen LogP contribution in [-0.4, -0.2) is 5.78 Å². The molecule has 0 unspecified atom stereocenters. The number of carbonyl (C=O) groups is 1. The summed E-state index contributed by atoms with van der Waals surface area (Å²) in [6, 6.07) is 0. The van der Waals surface area contributed by atoms with Crippen molar-refractivity contribution in [3.8, 4) is 0 Å². The summed E-state index contributed by atoms with van der Waals surface area (Å²) in [5.41, 5.74) is 1.02. The van der Waals surface area contributed by atoms with Crippen LogP contribution in [0.3, 0.4) is 0 Å². The van der Waals surface area contributed by atoms with Gasteiger partial charge in [-0.15, -0.1) is 0 Å². The molecule has 0 amide bonds. The molecule has 0 heterocycles. The maximum Gasteiger partial charge on any atom is 0.158 e. The molecule has 0 atom stereocenters. The SMILES string of the molecule is C/C=C\C(C)=C/C(=O)C(C)C.CCC(C)C. The van der Waals surface area contributed by atoms with Crippen molar-refractivity contribution in [2.45, 2.75) is 54.9 Å². The standard InChI is InChI=1S/C10H16O.C5H12/c1-5-6-9(4)7-10(11)8(2)3;1-4-5(2)3/h5-8H,1-4H3;5H,4H2,1-3H3/b6-5-,9-7-;. The van der Waals surface area contributed by atoms with Crippen molar-refractivity contribution in [3.63, 3.8) is 0 Å². The molecular weight excluding hydrogens is 196 g/mol. The number of allylic oxidation sites excluding steroid dienone is 4. The van der Waals surface area contributed by atoms with Gasteiger partial charge >= 0.3 is 0 Å². The van der Waals surface area contributed by atoms with E-state index in [-0.39, 0.29) is 11.7 Å². The summed E-state index contributed by atoms with van der Waals surface area (Å²) in [4.78, 5) is 11.1. The van der Waals surface area contributed by atoms with Crippen LogP contribution in [0.15, 0.2) is 23.8 Å². The lowest BCUT2D eigenvalue weighted by atomic mass is 10.1. The third kappa shape index (κ3) is 13.2. The molecule has 16 heavy (non-hydrogen) atoms. The van der Waals surface area contributed by atoms with Gasteiger partial charge in [0.05, 0.1) is 0 Å². The number of ketones is 1. The van der Waals surface area contributed by atoms with Gasteiger partial charge in [-0.1, -0.05) is 53.2 Å². The van der Waals surface area contributed by atoms with Crippen molar-refractivity contribution >= 4 is 5.78 Å². The lowest BCUT2D eigenvalue weighted by Gasteiger charge is -1.97. The van der Waals surface area contributed by atoms with Crippen molar-refractivity contribution < 1.29 is 4.79 Å². The molecule has 0 radical (unpaired) electrons. The molecule has 0 saturated carbocycles. The molecule has 0 aliphatic heterocycles. The van der Waals surface area contributed by atoms with E-state index >= 15 is 0 Å². The molecule has 94 valence electrons. The second kappa shape index (κ2) is 10.7. The fourth-order valence-electron chi connectivity index (χ4n) is 0.702. The Balaban J connectivity index is 0. The third-order valence-corrected chi connectivity index (χ3v) is 2.19.